The van der Waals surface area contributed by atoms with Gasteiger partial charge in [-0.05, 0) is 124 Å². The molecule has 0 radical (unpaired) electrons. The molecule has 526 valence electrons. The van der Waals surface area contributed by atoms with E-state index in [1.54, 1.807) is 0 Å². The van der Waals surface area contributed by atoms with Gasteiger partial charge in [0.2, 0.25) is 5.91 Å². The van der Waals surface area contributed by atoms with Gasteiger partial charge >= 0.3 is 6.18 Å². The number of alkyl halides is 3. The summed E-state index contributed by atoms with van der Waals surface area (Å²) in [5.74, 6) is 0.344. The second-order valence-corrected chi connectivity index (χ2v) is 17.9. The van der Waals surface area contributed by atoms with Crippen molar-refractivity contribution in [3.63, 3.8) is 0 Å². The van der Waals surface area contributed by atoms with Crippen LogP contribution in [0.15, 0.2) is 6.20 Å². The van der Waals surface area contributed by atoms with Crippen LogP contribution in [0.2, 0.25) is 0 Å². The highest BCUT2D eigenvalue weighted by molar-refractivity contribution is 5.86. The van der Waals surface area contributed by atoms with E-state index < -0.39 is 50.9 Å². The summed E-state index contributed by atoms with van der Waals surface area (Å²) in [6.45, 7) is 32.5. The minimum absolute atomic E-state index is 0. The molecule has 1 saturated heterocycles. The Morgan fingerprint density at radius 1 is 1.06 bits per heavy atom. The maximum atomic E-state index is 15.8. The first-order valence-corrected chi connectivity index (χ1v) is 18.7. The number of carbonyl (C=O) groups excluding carboxylic acids is 1. The van der Waals surface area contributed by atoms with Crippen molar-refractivity contribution in [2.75, 3.05) is 13.7 Å². The molecule has 0 spiro atoms. The largest absolute Gasteiger partial charge is 0.418 e. The summed E-state index contributed by atoms with van der Waals surface area (Å²) in [5.41, 5.74) is -2.76. The Morgan fingerprint density at radius 2 is 1.65 bits per heavy atom. The van der Waals surface area contributed by atoms with Gasteiger partial charge in [0.1, 0.15) is 5.60 Å². The number of fused-ring (bicyclic) bond motifs is 1. The van der Waals surface area contributed by atoms with Crippen LogP contribution in [0.4, 0.5) is 13.2 Å². The van der Waals surface area contributed by atoms with Crippen molar-refractivity contribution in [2.24, 2.45) is 22.7 Å². The maximum Gasteiger partial charge on any atom is 0.418 e. The molecule has 49 heavy (non-hydrogen) atoms. The van der Waals surface area contributed by atoms with Crippen LogP contribution in [0.25, 0.3) is 0 Å². The minimum atomic E-state index is -4.52. The third-order valence-electron chi connectivity index (χ3n) is 14.7. The first kappa shape index (κ1) is 40.1. The number of amides is 1. The Hall–Kier alpha value is -1.71. The molecule has 1 aliphatic carbocycles. The summed E-state index contributed by atoms with van der Waals surface area (Å²) in [6.07, 6.45) is -0.0559. The van der Waals surface area contributed by atoms with Gasteiger partial charge in [-0.2, -0.15) is 13.2 Å². The van der Waals surface area contributed by atoms with E-state index in [2.05, 4.69) is 100 Å². The number of hydrogen-bond donors (Lipinski definition) is 0. The number of likely N-dealkylation sites (N-methyl/N-ethyl adjacent to an activating group) is 1. The highest BCUT2D eigenvalue weighted by atomic mass is 19.4. The van der Waals surface area contributed by atoms with Crippen LogP contribution in [0.3, 0.4) is 0 Å². The lowest BCUT2D eigenvalue weighted by molar-refractivity contribution is -0.296. The number of carbonyl (C=O) groups is 1. The van der Waals surface area contributed by atoms with E-state index in [0.717, 1.165) is 25.5 Å². The number of pyridine rings is 1. The number of nitrogens with zero attached hydrogens (tertiary/aromatic N) is 3. The lowest BCUT2D eigenvalue weighted by atomic mass is 9.52. The topological polar surface area (TPSA) is 54.9 Å². The van der Waals surface area contributed by atoms with E-state index in [4.69, 9.17) is 9.47 Å². The highest BCUT2D eigenvalue weighted by Gasteiger charge is 2.72. The zero-order chi connectivity index (χ0) is 37.5. The molecule has 2 fully saturated rings. The van der Waals surface area contributed by atoms with Gasteiger partial charge in [-0.25, -0.2) is 0 Å². The summed E-state index contributed by atoms with van der Waals surface area (Å²) in [5, 5.41) is 0. The zero-order valence-electron chi connectivity index (χ0n) is 33.4. The molecular formula is C40H312F3N3O3. The van der Waals surface area contributed by atoms with Crippen LogP contribution in [0.1, 0.15) is 327 Å². The molecular weight excluding hydrogens is 627 g/mol. The second-order valence-electron chi connectivity index (χ2n) is 17.9. The van der Waals surface area contributed by atoms with E-state index >= 15 is 4.79 Å². The number of ether oxygens (including phenoxy) is 2. The Kier molecular flexibility index (Phi) is 10.4. The van der Waals surface area contributed by atoms with Crippen molar-refractivity contribution in [3.05, 3.63) is 28.6 Å². The molecule has 4 rings (SSSR count). The molecule has 3 aliphatic rings. The van der Waals surface area contributed by atoms with Crippen molar-refractivity contribution in [1.82, 2.24) is 14.8 Å². The minimum Gasteiger partial charge on any atom is -0.372 e. The Morgan fingerprint density at radius 3 is 2.16 bits per heavy atom. The third-order valence-corrected chi connectivity index (χ3v) is 14.7. The Labute approximate surface area is 477 Å². The van der Waals surface area contributed by atoms with Crippen LogP contribution in [-0.2, 0) is 26.9 Å². The summed E-state index contributed by atoms with van der Waals surface area (Å²) in [6, 6.07) is -0.753. The fourth-order valence-electron chi connectivity index (χ4n) is 11.2. The summed E-state index contributed by atoms with van der Waals surface area (Å²) in [7, 11) is 2.22. The smallest absolute Gasteiger partial charge is 0.372 e. The summed E-state index contributed by atoms with van der Waals surface area (Å²) < 4.78 is 55.6. The molecule has 3 heterocycles. The average Bonchev–Trinajstić information content (AvgIpc) is 3.16. The standard InChI is InChI=1S/C40H66F3N3O3.123H2/c1-17-29(24(2)3)39(33(47)46-26(6)22-31-32(28(46)8)27(7)30(23-44-31)40(41,42)43)19-18-36(13,34(39,9)10)45(16)37(14)20-21-48-35(11,12)38(37,15)49-25(4)5;;;;;;;;;;;;;;;;;;;;;;;;;;;;;;;;;;;;;;;;;;;;;;;;;;;;;;;;;;;;;;;;;;;;;;;;;;;;;;;;;;;;;;;;;;;;;;;;;;;;;;;;;;;;;;;;;;;;;;;;;;;/h23-26,28-29H,17-22H2,1-16H3;123*1H/t26?,28?,29?,36-,37+,38-,39+;;;;;;;;;;;;;;;;;;;;;;;;;;;;;;;;;;;;;;;;;;;;;;;;;;;;;;;;;;;;;;;;;;;;;;;;;;;;;;;;;;;;;;;;;;;;;;;;;;;;;;;;;;;;;;;;;;;;;;;;;;;/m1.........................................................................................................................../s1. The van der Waals surface area contributed by atoms with E-state index in [1.807, 2.05) is 18.7 Å². The first-order valence-electron chi connectivity index (χ1n) is 18.7. The predicted molar refractivity (Wildman–Crippen MR) is 450 cm³/mol. The Bertz CT molecular complexity index is 1560. The molecule has 6 nitrogen and oxygen atoms in total. The van der Waals surface area contributed by atoms with Gasteiger partial charge in [0.05, 0.1) is 34.3 Å². The first-order chi connectivity index (χ1) is 22.2. The normalized spacial score (nSPS) is 35.3. The molecule has 3 unspecified atom stereocenters. The molecule has 0 bridgehead atoms. The third kappa shape index (κ3) is 5.60. The van der Waals surface area contributed by atoms with Gasteiger partial charge < -0.3 is 14.4 Å². The van der Waals surface area contributed by atoms with Crippen molar-refractivity contribution >= 4 is 5.91 Å². The monoisotopic (exact) mass is 941 g/mol. The maximum absolute atomic E-state index is 15.8. The van der Waals surface area contributed by atoms with Crippen molar-refractivity contribution < 1.29 is 203 Å². The van der Waals surface area contributed by atoms with Crippen molar-refractivity contribution in [1.29, 1.82) is 0 Å². The SMILES string of the molecule is CCC(C(C)C)[C@]1(C(=O)N2C(C)Cc3ncc(C(F)(F)F)c(C)c3C2C)CC[C@@](C)(N(C)[C@@]2(C)CCOC(C)(C)[C@@]2(C)OC(C)C)C1(C)C.[HH].[HH].[HH].[HH].[HH].[HH].[HH].[HH].[HH].[HH].[HH].[HH].[HH].[HH].[HH].[HH].[HH].[HH].[HH].[HH].[HH].[HH].[HH].[HH].[HH].[HH].[HH].[HH].[HH].[HH].[HH].[HH].[HH].[HH].[HH].[HH].[HH].[HH].[HH].[HH].[HH].[HH].[HH].[HH].[HH].[HH].[HH].[HH].[HH].[HH].[HH].[HH].[HH].[HH].[HH].[HH].[HH].[HH].[HH].[HH].[HH].[HH].[HH].[HH].[HH].[HH].[HH].[HH].[HH].[HH].[HH].[HH].[HH].[HH].[HH].[HH].[HH].[HH].[HH].[HH].[HH].[HH].[HH].[HH].[HH].[HH].[HH].[HH].[HH].[HH].[HH].[HH].[HH].[HH].[HH].[HH].[HH].[HH].[HH].[HH].[HH].[HH].[HH].[HH].[HH].[HH].[HH].[HH].[HH].[HH].[HH].[HH].[HH].[HH].[HH].[HH].[HH].[HH].[HH].[HH].[HH].[HH].[HH]. The fraction of sp³-hybridized carbons (Fsp3) is 0.850. The van der Waals surface area contributed by atoms with Crippen molar-refractivity contribution in [2.45, 2.75) is 183 Å². The van der Waals surface area contributed by atoms with E-state index in [9.17, 15) is 13.2 Å². The lowest BCUT2D eigenvalue weighted by Gasteiger charge is -2.66. The number of hydrogen-bond acceptors (Lipinski definition) is 5. The van der Waals surface area contributed by atoms with Gasteiger partial charge in [-0.15, -0.1) is 0 Å². The van der Waals surface area contributed by atoms with Crippen LogP contribution in [0, 0.1) is 29.6 Å². The van der Waals surface area contributed by atoms with Gasteiger partial charge in [0.25, 0.3) is 0 Å². The predicted octanol–water partition coefficient (Wildman–Crippen LogP) is 39.8. The van der Waals surface area contributed by atoms with Crippen LogP contribution in [-0.4, -0.2) is 68.8 Å². The zero-order valence-corrected chi connectivity index (χ0v) is 33.4. The molecule has 1 aromatic rings. The van der Waals surface area contributed by atoms with Crippen LogP contribution < -0.4 is 0 Å². The van der Waals surface area contributed by atoms with E-state index in [-0.39, 0.29) is 211 Å². The molecule has 1 saturated carbocycles. The van der Waals surface area contributed by atoms with Gasteiger partial charge in [0.15, 0.2) is 0 Å². The van der Waals surface area contributed by atoms with Crippen molar-refractivity contribution in [3.8, 4) is 0 Å². The molecule has 7 atom stereocenters. The van der Waals surface area contributed by atoms with E-state index in [1.165, 1.54) is 6.92 Å². The quantitative estimate of drug-likeness (QED) is 0.260. The molecule has 1 amide bonds. The average molecular weight is 942 g/mol. The van der Waals surface area contributed by atoms with Crippen LogP contribution >= 0.6 is 0 Å². The molecule has 9 heteroatoms. The van der Waals surface area contributed by atoms with Crippen LogP contribution in [0.5, 0.6) is 0 Å². The Balaban J connectivity index is -0.00000000186. The summed E-state index contributed by atoms with van der Waals surface area (Å²) in [4.78, 5) is 24.6. The summed E-state index contributed by atoms with van der Waals surface area (Å²) >= 11 is 0. The highest BCUT2D eigenvalue weighted by Crippen LogP contribution is 2.68. The molecule has 0 aromatic carbocycles. The lowest BCUT2D eigenvalue weighted by Crippen LogP contribution is -2.78. The fourth-order valence-corrected chi connectivity index (χ4v) is 11.2. The molecule has 2 aliphatic heterocycles. The van der Waals surface area contributed by atoms with Gasteiger partial charge in [0, 0.05) is 212 Å². The number of halogens is 3. The second kappa shape index (κ2) is 12.8. The van der Waals surface area contributed by atoms with E-state index in [0.29, 0.717) is 30.7 Å². The van der Waals surface area contributed by atoms with Gasteiger partial charge in [-0.3, -0.25) is 14.7 Å². The number of aromatic nitrogens is 1. The molecule has 0 N–H and O–H groups in total. The number of rotatable bonds is 8. The molecule has 1 aromatic heterocycles. The van der Waals surface area contributed by atoms with Gasteiger partial charge in [-0.1, -0.05) is 41.0 Å².